The van der Waals surface area contributed by atoms with Gasteiger partial charge in [0.25, 0.3) is 0 Å². The van der Waals surface area contributed by atoms with Gasteiger partial charge >= 0.3 is 0 Å². The van der Waals surface area contributed by atoms with Crippen molar-refractivity contribution in [2.45, 2.75) is 27.7 Å². The molecular weight excluding hydrogens is 302 g/mol. The normalized spacial score (nSPS) is 11.4. The molecule has 0 saturated heterocycles. The number of fused-ring (bicyclic) bond motifs is 2. The molecule has 0 unspecified atom stereocenters. The van der Waals surface area contributed by atoms with Crippen LogP contribution in [0, 0.1) is 27.7 Å². The molecule has 1 heteroatoms. The summed E-state index contributed by atoms with van der Waals surface area (Å²) in [6, 6.07) is 19.4. The van der Waals surface area contributed by atoms with Gasteiger partial charge in [-0.3, -0.25) is 0 Å². The second kappa shape index (κ2) is 5.63. The van der Waals surface area contributed by atoms with E-state index < -0.39 is 0 Å². The number of hydrogen-bond acceptors (Lipinski definition) is 1. The molecule has 0 aliphatic heterocycles. The van der Waals surface area contributed by atoms with Gasteiger partial charge in [0.05, 0.1) is 0 Å². The summed E-state index contributed by atoms with van der Waals surface area (Å²) in [6.07, 6.45) is 0. The first-order chi connectivity index (χ1) is 12.0. The first-order valence-corrected chi connectivity index (χ1v) is 8.77. The van der Waals surface area contributed by atoms with Crippen LogP contribution in [-0.2, 0) is 0 Å². The Morgan fingerprint density at radius 2 is 1.36 bits per heavy atom. The van der Waals surface area contributed by atoms with Crippen LogP contribution in [0.4, 0.5) is 5.69 Å². The molecule has 0 saturated carbocycles. The monoisotopic (exact) mass is 325 g/mol. The van der Waals surface area contributed by atoms with Gasteiger partial charge < -0.3 is 5.73 Å². The SMILES string of the molecule is Cc1ccc2c(-c3cccc4ccccc34)c(N)c(C)c(C)c2c1C. The van der Waals surface area contributed by atoms with E-state index in [4.69, 9.17) is 5.73 Å². The molecule has 0 amide bonds. The fraction of sp³-hybridized carbons (Fsp3) is 0.167. The molecule has 0 heterocycles. The summed E-state index contributed by atoms with van der Waals surface area (Å²) in [5.41, 5.74) is 15.1. The van der Waals surface area contributed by atoms with Crippen LogP contribution in [0.2, 0.25) is 0 Å². The van der Waals surface area contributed by atoms with Crippen LogP contribution in [-0.4, -0.2) is 0 Å². The summed E-state index contributed by atoms with van der Waals surface area (Å²) in [7, 11) is 0. The second-order valence-electron chi connectivity index (χ2n) is 7.00. The van der Waals surface area contributed by atoms with Crippen molar-refractivity contribution in [3.63, 3.8) is 0 Å². The number of hydrogen-bond donors (Lipinski definition) is 1. The molecule has 0 fully saturated rings. The Morgan fingerprint density at radius 3 is 2.16 bits per heavy atom. The number of aryl methyl sites for hydroxylation is 3. The minimum atomic E-state index is 0.893. The molecule has 124 valence electrons. The molecule has 0 bridgehead atoms. The van der Waals surface area contributed by atoms with Gasteiger partial charge in [-0.25, -0.2) is 0 Å². The summed E-state index contributed by atoms with van der Waals surface area (Å²) in [4.78, 5) is 0. The highest BCUT2D eigenvalue weighted by molar-refractivity contribution is 6.12. The van der Waals surface area contributed by atoms with Crippen molar-refractivity contribution >= 4 is 27.2 Å². The first kappa shape index (κ1) is 15.7. The lowest BCUT2D eigenvalue weighted by Crippen LogP contribution is -2.01. The largest absolute Gasteiger partial charge is 0.398 e. The zero-order chi connectivity index (χ0) is 17.7. The van der Waals surface area contributed by atoms with Crippen molar-refractivity contribution in [1.82, 2.24) is 0 Å². The van der Waals surface area contributed by atoms with Gasteiger partial charge in [0.1, 0.15) is 0 Å². The standard InChI is InChI=1S/C24H23N/c1-14-12-13-21-22(15(14)2)16(3)17(4)24(25)23(21)20-11-7-9-18-8-5-6-10-19(18)20/h5-13H,25H2,1-4H3. The van der Waals surface area contributed by atoms with Crippen molar-refractivity contribution in [3.8, 4) is 11.1 Å². The van der Waals surface area contributed by atoms with Gasteiger partial charge in [0.2, 0.25) is 0 Å². The number of nitrogens with two attached hydrogens (primary N) is 1. The molecule has 0 atom stereocenters. The highest BCUT2D eigenvalue weighted by Gasteiger charge is 2.17. The smallest absolute Gasteiger partial charge is 0.0432 e. The molecular formula is C24H23N. The molecule has 0 spiro atoms. The fourth-order valence-electron chi connectivity index (χ4n) is 3.96. The maximum absolute atomic E-state index is 6.66. The van der Waals surface area contributed by atoms with E-state index >= 15 is 0 Å². The molecule has 1 nitrogen and oxygen atoms in total. The third kappa shape index (κ3) is 2.23. The lowest BCUT2D eigenvalue weighted by Gasteiger charge is -2.20. The average Bonchev–Trinajstić information content (AvgIpc) is 2.63. The summed E-state index contributed by atoms with van der Waals surface area (Å²) in [6.45, 7) is 8.72. The Morgan fingerprint density at radius 1 is 0.640 bits per heavy atom. The highest BCUT2D eigenvalue weighted by Crippen LogP contribution is 2.42. The van der Waals surface area contributed by atoms with Crippen LogP contribution in [0.1, 0.15) is 22.3 Å². The van der Waals surface area contributed by atoms with E-state index in [0.29, 0.717) is 0 Å². The van der Waals surface area contributed by atoms with Crippen molar-refractivity contribution < 1.29 is 0 Å². The fourth-order valence-corrected chi connectivity index (χ4v) is 3.96. The van der Waals surface area contributed by atoms with Crippen molar-refractivity contribution in [2.75, 3.05) is 5.73 Å². The molecule has 0 aliphatic carbocycles. The van der Waals surface area contributed by atoms with Crippen molar-refractivity contribution in [1.29, 1.82) is 0 Å². The summed E-state index contributed by atoms with van der Waals surface area (Å²) in [5, 5.41) is 5.09. The first-order valence-electron chi connectivity index (χ1n) is 8.77. The predicted octanol–water partition coefficient (Wildman–Crippen LogP) is 6.48. The van der Waals surface area contributed by atoms with Crippen LogP contribution in [0.15, 0.2) is 54.6 Å². The minimum Gasteiger partial charge on any atom is -0.398 e. The maximum Gasteiger partial charge on any atom is 0.0432 e. The highest BCUT2D eigenvalue weighted by atomic mass is 14.6. The van der Waals surface area contributed by atoms with Crippen LogP contribution in [0.25, 0.3) is 32.7 Å². The molecule has 4 rings (SSSR count). The van der Waals surface area contributed by atoms with Crippen LogP contribution in [0.5, 0.6) is 0 Å². The average molecular weight is 325 g/mol. The Balaban J connectivity index is 2.24. The topological polar surface area (TPSA) is 26.0 Å². The van der Waals surface area contributed by atoms with Crippen molar-refractivity contribution in [3.05, 3.63) is 76.9 Å². The number of anilines is 1. The van der Waals surface area contributed by atoms with E-state index in [1.807, 2.05) is 0 Å². The zero-order valence-corrected chi connectivity index (χ0v) is 15.3. The molecule has 0 aromatic heterocycles. The summed E-state index contributed by atoms with van der Waals surface area (Å²) >= 11 is 0. The van der Waals surface area contributed by atoms with E-state index in [9.17, 15) is 0 Å². The Labute approximate surface area is 149 Å². The molecule has 2 N–H and O–H groups in total. The van der Waals surface area contributed by atoms with Gasteiger partial charge in [-0.05, 0) is 77.1 Å². The van der Waals surface area contributed by atoms with E-state index in [1.165, 1.54) is 49.4 Å². The van der Waals surface area contributed by atoms with Gasteiger partial charge in [0, 0.05) is 11.3 Å². The second-order valence-corrected chi connectivity index (χ2v) is 7.00. The van der Waals surface area contributed by atoms with E-state index in [-0.39, 0.29) is 0 Å². The van der Waals surface area contributed by atoms with Crippen LogP contribution in [0.3, 0.4) is 0 Å². The van der Waals surface area contributed by atoms with Crippen LogP contribution < -0.4 is 5.73 Å². The molecule has 0 aliphatic rings. The Hall–Kier alpha value is -2.80. The Bertz CT molecular complexity index is 1130. The number of benzene rings is 4. The lowest BCUT2D eigenvalue weighted by molar-refractivity contribution is 1.33. The quantitative estimate of drug-likeness (QED) is 0.398. The molecule has 4 aromatic rings. The Kier molecular flexibility index (Phi) is 3.54. The van der Waals surface area contributed by atoms with Gasteiger partial charge in [-0.15, -0.1) is 0 Å². The summed E-state index contributed by atoms with van der Waals surface area (Å²) in [5.74, 6) is 0. The van der Waals surface area contributed by atoms with E-state index in [2.05, 4.69) is 82.3 Å². The third-order valence-corrected chi connectivity index (χ3v) is 5.67. The third-order valence-electron chi connectivity index (χ3n) is 5.67. The predicted molar refractivity (Wildman–Crippen MR) is 110 cm³/mol. The van der Waals surface area contributed by atoms with E-state index in [1.54, 1.807) is 0 Å². The maximum atomic E-state index is 6.66. The van der Waals surface area contributed by atoms with Gasteiger partial charge in [-0.1, -0.05) is 54.6 Å². The van der Waals surface area contributed by atoms with Gasteiger partial charge in [0.15, 0.2) is 0 Å². The number of rotatable bonds is 1. The van der Waals surface area contributed by atoms with Gasteiger partial charge in [-0.2, -0.15) is 0 Å². The molecule has 25 heavy (non-hydrogen) atoms. The molecule has 0 radical (unpaired) electrons. The van der Waals surface area contributed by atoms with Crippen molar-refractivity contribution in [2.24, 2.45) is 0 Å². The minimum absolute atomic E-state index is 0.893. The molecule has 4 aromatic carbocycles. The lowest BCUT2D eigenvalue weighted by atomic mass is 9.85. The zero-order valence-electron chi connectivity index (χ0n) is 15.3. The number of nitrogen functional groups attached to an aromatic ring is 1. The summed E-state index contributed by atoms with van der Waals surface area (Å²) < 4.78 is 0. The van der Waals surface area contributed by atoms with Crippen LogP contribution >= 0.6 is 0 Å². The van der Waals surface area contributed by atoms with E-state index in [0.717, 1.165) is 11.3 Å².